The zero-order chi connectivity index (χ0) is 10.1. The molecule has 0 bridgehead atoms. The monoisotopic (exact) mass is 209 g/mol. The summed E-state index contributed by atoms with van der Waals surface area (Å²) in [5.74, 6) is 0.661. The lowest BCUT2D eigenvalue weighted by Crippen LogP contribution is -2.01. The van der Waals surface area contributed by atoms with Crippen LogP contribution < -0.4 is 10.4 Å². The van der Waals surface area contributed by atoms with E-state index in [0.717, 1.165) is 0 Å². The van der Waals surface area contributed by atoms with Gasteiger partial charge in [-0.3, -0.25) is 0 Å². The summed E-state index contributed by atoms with van der Waals surface area (Å²) in [6, 6.07) is 5.02. The van der Waals surface area contributed by atoms with Crippen LogP contribution in [0.25, 0.3) is 10.9 Å². The number of hydrogen-bond acceptors (Lipinski definition) is 4. The molecule has 0 amide bonds. The summed E-state index contributed by atoms with van der Waals surface area (Å²) in [4.78, 5) is 14.1. The van der Waals surface area contributed by atoms with Crippen molar-refractivity contribution in [1.29, 1.82) is 0 Å². The van der Waals surface area contributed by atoms with Crippen molar-refractivity contribution in [2.45, 2.75) is 0 Å². The van der Waals surface area contributed by atoms with Crippen LogP contribution in [-0.4, -0.2) is 12.1 Å². The molecule has 0 saturated heterocycles. The van der Waals surface area contributed by atoms with Crippen LogP contribution in [-0.2, 0) is 0 Å². The van der Waals surface area contributed by atoms with Crippen molar-refractivity contribution >= 4 is 23.1 Å². The Balaban J connectivity index is 2.89. The Bertz CT molecular complexity index is 584. The molecule has 1 aromatic carbocycles. The van der Waals surface area contributed by atoms with Gasteiger partial charge in [0.2, 0.25) is 0 Å². The smallest absolute Gasteiger partial charge is 0.347 e. The molecule has 72 valence electrons. The van der Waals surface area contributed by atoms with E-state index in [1.54, 1.807) is 25.3 Å². The summed E-state index contributed by atoms with van der Waals surface area (Å²) < 4.78 is 9.74. The molecule has 0 aliphatic carbocycles. The predicted molar refractivity (Wildman–Crippen MR) is 54.2 cm³/mol. The minimum absolute atomic E-state index is 0.0655. The van der Waals surface area contributed by atoms with Crippen LogP contribution in [0.2, 0.25) is 0 Å². The molecule has 0 spiro atoms. The number of aromatic amines is 1. The first-order valence-electron chi connectivity index (χ1n) is 3.92. The van der Waals surface area contributed by atoms with E-state index in [1.165, 1.54) is 0 Å². The fourth-order valence-electron chi connectivity index (χ4n) is 1.21. The maximum absolute atomic E-state index is 11.3. The van der Waals surface area contributed by atoms with Gasteiger partial charge in [-0.05, 0) is 24.4 Å². The maximum atomic E-state index is 11.3. The second-order valence-electron chi connectivity index (χ2n) is 2.71. The van der Waals surface area contributed by atoms with Gasteiger partial charge in [0.05, 0.1) is 18.0 Å². The summed E-state index contributed by atoms with van der Waals surface area (Å²) in [6.07, 6.45) is 0. The first-order valence-corrected chi connectivity index (χ1v) is 4.33. The van der Waals surface area contributed by atoms with E-state index in [1.807, 2.05) is 0 Å². The van der Waals surface area contributed by atoms with E-state index >= 15 is 0 Å². The molecule has 0 radical (unpaired) electrons. The quantitative estimate of drug-likeness (QED) is 0.728. The predicted octanol–water partition coefficient (Wildman–Crippen LogP) is 1.86. The first kappa shape index (κ1) is 8.96. The van der Waals surface area contributed by atoms with E-state index in [9.17, 15) is 4.79 Å². The van der Waals surface area contributed by atoms with Gasteiger partial charge >= 0.3 is 5.63 Å². The van der Waals surface area contributed by atoms with Crippen LogP contribution in [0.3, 0.4) is 0 Å². The highest BCUT2D eigenvalue weighted by molar-refractivity contribution is 7.71. The Morgan fingerprint density at radius 2 is 2.29 bits per heavy atom. The number of nitrogens with one attached hydrogen (secondary N) is 1. The first-order chi connectivity index (χ1) is 6.70. The average Bonchev–Trinajstić information content (AvgIpc) is 2.16. The Morgan fingerprint density at radius 3 is 3.00 bits per heavy atom. The molecule has 2 aromatic rings. The van der Waals surface area contributed by atoms with Crippen molar-refractivity contribution in [3.05, 3.63) is 33.5 Å². The molecule has 0 aliphatic rings. The van der Waals surface area contributed by atoms with Crippen molar-refractivity contribution in [3.63, 3.8) is 0 Å². The van der Waals surface area contributed by atoms with Crippen LogP contribution in [0.4, 0.5) is 0 Å². The summed E-state index contributed by atoms with van der Waals surface area (Å²) in [5, 5.41) is 0.458. The molecular weight excluding hydrogens is 202 g/mol. The molecule has 0 saturated carbocycles. The summed E-state index contributed by atoms with van der Waals surface area (Å²) in [5.41, 5.74) is 0.178. The number of ether oxygens (including phenoxy) is 1. The van der Waals surface area contributed by atoms with Gasteiger partial charge in [0.15, 0.2) is 0 Å². The topological polar surface area (TPSA) is 55.2 Å². The molecule has 0 aliphatic heterocycles. The van der Waals surface area contributed by atoms with Crippen LogP contribution in [0.5, 0.6) is 5.75 Å². The summed E-state index contributed by atoms with van der Waals surface area (Å²) in [6.45, 7) is 0. The molecule has 4 nitrogen and oxygen atoms in total. The van der Waals surface area contributed by atoms with Crippen LogP contribution in [0.15, 0.2) is 27.4 Å². The molecule has 2 rings (SSSR count). The molecule has 1 aromatic heterocycles. The van der Waals surface area contributed by atoms with E-state index in [0.29, 0.717) is 16.7 Å². The number of fused-ring (bicyclic) bond motifs is 1. The highest BCUT2D eigenvalue weighted by atomic mass is 32.1. The van der Waals surface area contributed by atoms with Gasteiger partial charge in [0.1, 0.15) is 5.75 Å². The fourth-order valence-corrected chi connectivity index (χ4v) is 1.39. The molecule has 5 heteroatoms. The van der Waals surface area contributed by atoms with Crippen LogP contribution >= 0.6 is 12.2 Å². The highest BCUT2D eigenvalue weighted by Gasteiger charge is 2.01. The van der Waals surface area contributed by atoms with Crippen LogP contribution in [0, 0.1) is 4.84 Å². The Kier molecular flexibility index (Phi) is 2.09. The number of rotatable bonds is 1. The average molecular weight is 209 g/mol. The van der Waals surface area contributed by atoms with Crippen LogP contribution in [0.1, 0.15) is 0 Å². The minimum Gasteiger partial charge on any atom is -0.497 e. The van der Waals surface area contributed by atoms with Gasteiger partial charge in [-0.25, -0.2) is 4.79 Å². The molecule has 0 unspecified atom stereocenters. The summed E-state index contributed by atoms with van der Waals surface area (Å²) in [7, 11) is 1.56. The minimum atomic E-state index is -0.439. The van der Waals surface area contributed by atoms with E-state index in [-0.39, 0.29) is 4.84 Å². The van der Waals surface area contributed by atoms with Gasteiger partial charge in [-0.15, -0.1) is 0 Å². The Hall–Kier alpha value is -1.62. The SMILES string of the molecule is COc1ccc2c(=O)oc(=S)[nH]c2c1. The van der Waals surface area contributed by atoms with E-state index < -0.39 is 5.63 Å². The lowest BCUT2D eigenvalue weighted by Gasteiger charge is -2.00. The van der Waals surface area contributed by atoms with Gasteiger partial charge < -0.3 is 14.1 Å². The summed E-state index contributed by atoms with van der Waals surface area (Å²) >= 11 is 4.74. The molecule has 1 heterocycles. The third kappa shape index (κ3) is 1.42. The molecule has 14 heavy (non-hydrogen) atoms. The van der Waals surface area contributed by atoms with Crippen molar-refractivity contribution in [1.82, 2.24) is 4.98 Å². The highest BCUT2D eigenvalue weighted by Crippen LogP contribution is 2.15. The van der Waals surface area contributed by atoms with Gasteiger partial charge in [0.25, 0.3) is 4.84 Å². The zero-order valence-corrected chi connectivity index (χ0v) is 8.18. The van der Waals surface area contributed by atoms with E-state index in [4.69, 9.17) is 21.4 Å². The Morgan fingerprint density at radius 1 is 1.50 bits per heavy atom. The van der Waals surface area contributed by atoms with Crippen molar-refractivity contribution < 1.29 is 9.15 Å². The van der Waals surface area contributed by atoms with Crippen molar-refractivity contribution in [2.24, 2.45) is 0 Å². The fraction of sp³-hybridized carbons (Fsp3) is 0.111. The van der Waals surface area contributed by atoms with Gasteiger partial charge in [0, 0.05) is 6.07 Å². The number of aromatic nitrogens is 1. The third-order valence-electron chi connectivity index (χ3n) is 1.87. The number of methoxy groups -OCH3 is 1. The number of H-pyrrole nitrogens is 1. The lowest BCUT2D eigenvalue weighted by atomic mass is 10.2. The zero-order valence-electron chi connectivity index (χ0n) is 7.37. The van der Waals surface area contributed by atoms with Crippen molar-refractivity contribution in [3.8, 4) is 5.75 Å². The van der Waals surface area contributed by atoms with E-state index in [2.05, 4.69) is 4.98 Å². The second kappa shape index (κ2) is 3.26. The molecule has 1 N–H and O–H groups in total. The number of benzene rings is 1. The molecule has 0 atom stereocenters. The largest absolute Gasteiger partial charge is 0.497 e. The van der Waals surface area contributed by atoms with Crippen molar-refractivity contribution in [2.75, 3.05) is 7.11 Å². The molecule has 0 fully saturated rings. The standard InChI is InChI=1S/C9H7NO3S/c1-12-5-2-3-6-7(4-5)10-9(14)13-8(6)11/h2-4H,1H3,(H,10,14). The molecular formula is C9H7NO3S. The Labute approximate surface area is 84.1 Å². The lowest BCUT2D eigenvalue weighted by molar-refractivity contribution is 0.415. The maximum Gasteiger partial charge on any atom is 0.347 e. The second-order valence-corrected chi connectivity index (χ2v) is 3.08. The normalized spacial score (nSPS) is 10.4. The van der Waals surface area contributed by atoms with Gasteiger partial charge in [-0.2, -0.15) is 0 Å². The number of hydrogen-bond donors (Lipinski definition) is 1. The van der Waals surface area contributed by atoms with Gasteiger partial charge in [-0.1, -0.05) is 0 Å². The third-order valence-corrected chi connectivity index (χ3v) is 2.05.